The Morgan fingerprint density at radius 2 is 2.29 bits per heavy atom. The highest BCUT2D eigenvalue weighted by Gasteiger charge is 2.18. The molecule has 6 heteroatoms. The molecule has 3 N–H and O–H groups in total. The number of nitrogens with one attached hydrogen (secondary N) is 1. The van der Waals surface area contributed by atoms with Crippen LogP contribution in [-0.4, -0.2) is 43.0 Å². The number of pyridine rings is 1. The Bertz CT molecular complexity index is 366. The fourth-order valence-electron chi connectivity index (χ4n) is 1.34. The third kappa shape index (κ3) is 4.80. The van der Waals surface area contributed by atoms with Crippen molar-refractivity contribution in [3.05, 3.63) is 28.5 Å². The van der Waals surface area contributed by atoms with Gasteiger partial charge in [-0.05, 0) is 42.2 Å². The molecule has 0 radical (unpaired) electrons. The average Bonchev–Trinajstić information content (AvgIpc) is 2.25. The first-order valence-corrected chi connectivity index (χ1v) is 6.09. The quantitative estimate of drug-likeness (QED) is 0.804. The number of primary amides is 1. The van der Waals surface area contributed by atoms with Crippen LogP contribution in [0.5, 0.6) is 0 Å². The van der Waals surface area contributed by atoms with Crippen molar-refractivity contribution < 1.29 is 4.79 Å². The Labute approximate surface area is 110 Å². The summed E-state index contributed by atoms with van der Waals surface area (Å²) < 4.78 is 0.873. The van der Waals surface area contributed by atoms with Gasteiger partial charge in [-0.25, -0.2) is 0 Å². The lowest BCUT2D eigenvalue weighted by Crippen LogP contribution is -2.37. The summed E-state index contributed by atoms with van der Waals surface area (Å²) >= 11 is 3.30. The summed E-state index contributed by atoms with van der Waals surface area (Å²) in [6, 6.07) is 3.08. The van der Waals surface area contributed by atoms with E-state index in [1.54, 1.807) is 12.3 Å². The molecule has 0 aliphatic rings. The van der Waals surface area contributed by atoms with Gasteiger partial charge in [-0.2, -0.15) is 0 Å². The van der Waals surface area contributed by atoms with E-state index in [2.05, 4.69) is 26.2 Å². The van der Waals surface area contributed by atoms with E-state index in [0.717, 1.165) is 11.0 Å². The molecule has 0 saturated carbocycles. The van der Waals surface area contributed by atoms with E-state index in [1.807, 2.05) is 25.1 Å². The molecule has 0 spiro atoms. The van der Waals surface area contributed by atoms with Gasteiger partial charge in [0.05, 0.1) is 5.69 Å². The molecule has 1 aromatic rings. The number of amides is 1. The van der Waals surface area contributed by atoms with Crippen LogP contribution in [0, 0.1) is 0 Å². The number of nitrogens with two attached hydrogens (primary N) is 1. The Balaban J connectivity index is 2.66. The first kappa shape index (κ1) is 14.1. The highest BCUT2D eigenvalue weighted by Crippen LogP contribution is 2.13. The average molecular weight is 301 g/mol. The van der Waals surface area contributed by atoms with Gasteiger partial charge < -0.3 is 10.6 Å². The van der Waals surface area contributed by atoms with Gasteiger partial charge >= 0.3 is 0 Å². The minimum absolute atomic E-state index is 0.418. The molecule has 17 heavy (non-hydrogen) atoms. The van der Waals surface area contributed by atoms with Gasteiger partial charge in [0.2, 0.25) is 5.91 Å². The van der Waals surface area contributed by atoms with Crippen molar-refractivity contribution in [2.45, 2.75) is 6.04 Å². The summed E-state index contributed by atoms with van der Waals surface area (Å²) in [6.45, 7) is 1.51. The molecule has 0 aromatic carbocycles. The minimum atomic E-state index is -0.539. The van der Waals surface area contributed by atoms with E-state index >= 15 is 0 Å². The predicted octanol–water partition coefficient (Wildman–Crippen LogP) is 0.522. The molecule has 0 aliphatic carbocycles. The molecule has 1 aromatic heterocycles. The van der Waals surface area contributed by atoms with Crippen molar-refractivity contribution in [3.8, 4) is 0 Å². The fourth-order valence-corrected chi connectivity index (χ4v) is 1.58. The fraction of sp³-hybridized carbons (Fsp3) is 0.455. The molecule has 1 amide bonds. The van der Waals surface area contributed by atoms with Crippen LogP contribution < -0.4 is 11.1 Å². The highest BCUT2D eigenvalue weighted by atomic mass is 79.9. The first-order valence-electron chi connectivity index (χ1n) is 5.29. The first-order chi connectivity index (χ1) is 8.00. The zero-order valence-corrected chi connectivity index (χ0v) is 11.6. The zero-order valence-electron chi connectivity index (χ0n) is 9.98. The van der Waals surface area contributed by atoms with E-state index < -0.39 is 11.9 Å². The molecule has 1 rings (SSSR count). The van der Waals surface area contributed by atoms with E-state index in [0.29, 0.717) is 12.2 Å². The van der Waals surface area contributed by atoms with Gasteiger partial charge in [0.1, 0.15) is 6.04 Å². The number of hydrogen-bond acceptors (Lipinski definition) is 4. The van der Waals surface area contributed by atoms with Crippen LogP contribution in [0.2, 0.25) is 0 Å². The summed E-state index contributed by atoms with van der Waals surface area (Å²) in [5, 5.41) is 3.09. The Kier molecular flexibility index (Phi) is 5.54. The molecule has 1 unspecified atom stereocenters. The summed E-state index contributed by atoms with van der Waals surface area (Å²) in [7, 11) is 3.94. The molecule has 1 heterocycles. The number of carbonyl (C=O) groups excluding carboxylic acids is 1. The van der Waals surface area contributed by atoms with Crippen LogP contribution in [0.1, 0.15) is 11.7 Å². The Hall–Kier alpha value is -0.980. The molecule has 0 fully saturated rings. The second kappa shape index (κ2) is 6.68. The SMILES string of the molecule is CN(C)CCNC(C(N)=O)c1ccc(Br)cn1. The van der Waals surface area contributed by atoms with Crippen LogP contribution >= 0.6 is 15.9 Å². The smallest absolute Gasteiger partial charge is 0.240 e. The second-order valence-electron chi connectivity index (χ2n) is 3.99. The van der Waals surface area contributed by atoms with Crippen molar-refractivity contribution in [3.63, 3.8) is 0 Å². The van der Waals surface area contributed by atoms with Crippen LogP contribution in [-0.2, 0) is 4.79 Å². The summed E-state index contributed by atoms with van der Waals surface area (Å²) in [5.41, 5.74) is 6.00. The van der Waals surface area contributed by atoms with Gasteiger partial charge in [-0.1, -0.05) is 0 Å². The third-order valence-electron chi connectivity index (χ3n) is 2.24. The predicted molar refractivity (Wildman–Crippen MR) is 70.4 cm³/mol. The molecular weight excluding hydrogens is 284 g/mol. The van der Waals surface area contributed by atoms with E-state index in [9.17, 15) is 4.79 Å². The zero-order chi connectivity index (χ0) is 12.8. The maximum atomic E-state index is 11.4. The summed E-state index contributed by atoms with van der Waals surface area (Å²) in [6.07, 6.45) is 1.65. The number of likely N-dealkylation sites (N-methyl/N-ethyl adjacent to an activating group) is 1. The van der Waals surface area contributed by atoms with Gasteiger partial charge in [0.25, 0.3) is 0 Å². The number of hydrogen-bond donors (Lipinski definition) is 2. The standard InChI is InChI=1S/C11H17BrN4O/c1-16(2)6-5-14-10(11(13)17)9-4-3-8(12)7-15-9/h3-4,7,10,14H,5-6H2,1-2H3,(H2,13,17). The van der Waals surface area contributed by atoms with E-state index in [1.165, 1.54) is 0 Å². The summed E-state index contributed by atoms with van der Waals surface area (Å²) in [4.78, 5) is 17.6. The van der Waals surface area contributed by atoms with Crippen LogP contribution in [0.3, 0.4) is 0 Å². The lowest BCUT2D eigenvalue weighted by Gasteiger charge is -2.16. The Morgan fingerprint density at radius 1 is 1.59 bits per heavy atom. The summed E-state index contributed by atoms with van der Waals surface area (Å²) in [5.74, 6) is -0.418. The van der Waals surface area contributed by atoms with Gasteiger partial charge in [-0.15, -0.1) is 0 Å². The van der Waals surface area contributed by atoms with E-state index in [4.69, 9.17) is 5.73 Å². The topological polar surface area (TPSA) is 71.2 Å². The molecule has 5 nitrogen and oxygen atoms in total. The van der Waals surface area contributed by atoms with Gasteiger partial charge in [-0.3, -0.25) is 15.1 Å². The third-order valence-corrected chi connectivity index (χ3v) is 2.71. The number of nitrogens with zero attached hydrogens (tertiary/aromatic N) is 2. The minimum Gasteiger partial charge on any atom is -0.368 e. The molecule has 1 atom stereocenters. The molecule has 0 bridgehead atoms. The Morgan fingerprint density at radius 3 is 2.76 bits per heavy atom. The lowest BCUT2D eigenvalue weighted by atomic mass is 10.2. The number of halogens is 1. The number of carbonyl (C=O) groups is 1. The number of aromatic nitrogens is 1. The van der Waals surface area contributed by atoms with Crippen molar-refractivity contribution in [2.24, 2.45) is 5.73 Å². The molecular formula is C11H17BrN4O. The largest absolute Gasteiger partial charge is 0.368 e. The maximum absolute atomic E-state index is 11.4. The van der Waals surface area contributed by atoms with Crippen molar-refractivity contribution in [1.29, 1.82) is 0 Å². The number of rotatable bonds is 6. The van der Waals surface area contributed by atoms with Crippen LogP contribution in [0.15, 0.2) is 22.8 Å². The highest BCUT2D eigenvalue weighted by molar-refractivity contribution is 9.10. The monoisotopic (exact) mass is 300 g/mol. The van der Waals surface area contributed by atoms with Crippen molar-refractivity contribution in [2.75, 3.05) is 27.2 Å². The van der Waals surface area contributed by atoms with Crippen LogP contribution in [0.4, 0.5) is 0 Å². The maximum Gasteiger partial charge on any atom is 0.240 e. The van der Waals surface area contributed by atoms with Crippen molar-refractivity contribution in [1.82, 2.24) is 15.2 Å². The molecule has 94 valence electrons. The molecule has 0 aliphatic heterocycles. The van der Waals surface area contributed by atoms with E-state index in [-0.39, 0.29) is 0 Å². The van der Waals surface area contributed by atoms with Crippen LogP contribution in [0.25, 0.3) is 0 Å². The lowest BCUT2D eigenvalue weighted by molar-refractivity contribution is -0.120. The normalized spacial score (nSPS) is 12.7. The molecule has 0 saturated heterocycles. The van der Waals surface area contributed by atoms with Gasteiger partial charge in [0.15, 0.2) is 0 Å². The van der Waals surface area contributed by atoms with Crippen molar-refractivity contribution >= 4 is 21.8 Å². The van der Waals surface area contributed by atoms with Gasteiger partial charge in [0, 0.05) is 23.8 Å². The second-order valence-corrected chi connectivity index (χ2v) is 4.91.